The zero-order valence-electron chi connectivity index (χ0n) is 11.6. The summed E-state index contributed by atoms with van der Waals surface area (Å²) in [4.78, 5) is 4.00. The zero-order chi connectivity index (χ0) is 13.4. The van der Waals surface area contributed by atoms with Crippen molar-refractivity contribution in [3.63, 3.8) is 0 Å². The number of hydrogen-bond acceptors (Lipinski definition) is 3. The van der Waals surface area contributed by atoms with Crippen LogP contribution in [0.1, 0.15) is 45.6 Å². The highest BCUT2D eigenvalue weighted by molar-refractivity contribution is 5.32. The van der Waals surface area contributed by atoms with Crippen molar-refractivity contribution >= 4 is 5.82 Å². The number of pyridine rings is 1. The minimum atomic E-state index is -0.602. The van der Waals surface area contributed by atoms with Gasteiger partial charge in [0.1, 0.15) is 5.82 Å². The van der Waals surface area contributed by atoms with Crippen molar-refractivity contribution in [2.75, 3.05) is 5.73 Å². The minimum Gasteiger partial charge on any atom is -0.390 e. The van der Waals surface area contributed by atoms with E-state index < -0.39 is 5.60 Å². The Morgan fingerprint density at radius 1 is 1.44 bits per heavy atom. The molecule has 1 fully saturated rings. The van der Waals surface area contributed by atoms with Crippen molar-refractivity contribution in [3.8, 4) is 0 Å². The van der Waals surface area contributed by atoms with Gasteiger partial charge in [0.25, 0.3) is 0 Å². The predicted molar refractivity (Wildman–Crippen MR) is 74.1 cm³/mol. The van der Waals surface area contributed by atoms with Crippen LogP contribution in [0.3, 0.4) is 0 Å². The second-order valence-electron chi connectivity index (χ2n) is 6.84. The van der Waals surface area contributed by atoms with Crippen LogP contribution in [0.4, 0.5) is 5.82 Å². The summed E-state index contributed by atoms with van der Waals surface area (Å²) in [6.45, 7) is 6.72. The molecule has 1 heterocycles. The molecule has 0 spiro atoms. The van der Waals surface area contributed by atoms with Gasteiger partial charge in [-0.1, -0.05) is 20.8 Å². The second-order valence-corrected chi connectivity index (χ2v) is 6.84. The Kier molecular flexibility index (Phi) is 3.37. The molecule has 18 heavy (non-hydrogen) atoms. The normalized spacial score (nSPS) is 31.2. The molecular weight excluding hydrogens is 224 g/mol. The number of anilines is 1. The third-order valence-corrected chi connectivity index (χ3v) is 3.82. The smallest absolute Gasteiger partial charge is 0.123 e. The fraction of sp³-hybridized carbons (Fsp3) is 0.667. The summed E-state index contributed by atoms with van der Waals surface area (Å²) < 4.78 is 0. The highest BCUT2D eigenvalue weighted by Gasteiger charge is 2.41. The summed E-state index contributed by atoms with van der Waals surface area (Å²) >= 11 is 0. The molecule has 1 saturated carbocycles. The molecule has 1 aliphatic rings. The first-order valence-corrected chi connectivity index (χ1v) is 6.71. The van der Waals surface area contributed by atoms with Crippen LogP contribution in [0.2, 0.25) is 0 Å². The van der Waals surface area contributed by atoms with Crippen LogP contribution in [-0.4, -0.2) is 15.7 Å². The zero-order valence-corrected chi connectivity index (χ0v) is 11.6. The average Bonchev–Trinajstić information content (AvgIpc) is 2.11. The summed E-state index contributed by atoms with van der Waals surface area (Å²) in [7, 11) is 0. The van der Waals surface area contributed by atoms with E-state index in [1.165, 1.54) is 6.42 Å². The van der Waals surface area contributed by atoms with Gasteiger partial charge in [-0.2, -0.15) is 0 Å². The van der Waals surface area contributed by atoms with Crippen molar-refractivity contribution in [3.05, 3.63) is 23.9 Å². The first kappa shape index (κ1) is 13.3. The van der Waals surface area contributed by atoms with Crippen LogP contribution >= 0.6 is 0 Å². The van der Waals surface area contributed by atoms with Gasteiger partial charge in [0, 0.05) is 12.6 Å². The van der Waals surface area contributed by atoms with Crippen LogP contribution in [0.15, 0.2) is 18.3 Å². The van der Waals surface area contributed by atoms with Crippen LogP contribution in [0, 0.1) is 11.3 Å². The molecule has 0 saturated heterocycles. The molecule has 1 aromatic rings. The van der Waals surface area contributed by atoms with Crippen molar-refractivity contribution in [2.24, 2.45) is 11.3 Å². The van der Waals surface area contributed by atoms with E-state index in [1.54, 1.807) is 6.20 Å². The predicted octanol–water partition coefficient (Wildman–Crippen LogP) is 2.78. The molecule has 3 N–H and O–H groups in total. The van der Waals surface area contributed by atoms with E-state index >= 15 is 0 Å². The Morgan fingerprint density at radius 3 is 2.78 bits per heavy atom. The highest BCUT2D eigenvalue weighted by atomic mass is 16.3. The van der Waals surface area contributed by atoms with Gasteiger partial charge in [-0.05, 0) is 48.3 Å². The fourth-order valence-electron chi connectivity index (χ4n) is 3.82. The lowest BCUT2D eigenvalue weighted by Crippen LogP contribution is -2.43. The quantitative estimate of drug-likeness (QED) is 0.846. The molecule has 3 heteroatoms. The number of nitrogens with two attached hydrogens (primary N) is 1. The van der Waals surface area contributed by atoms with Gasteiger partial charge in [0.15, 0.2) is 0 Å². The maximum absolute atomic E-state index is 10.9. The molecule has 0 aromatic carbocycles. The molecular formula is C15H24N2O. The number of hydrogen-bond donors (Lipinski definition) is 2. The summed E-state index contributed by atoms with van der Waals surface area (Å²) in [5.74, 6) is 1.09. The third-order valence-electron chi connectivity index (χ3n) is 3.82. The van der Waals surface area contributed by atoms with E-state index in [-0.39, 0.29) is 5.41 Å². The van der Waals surface area contributed by atoms with Crippen molar-refractivity contribution in [1.82, 2.24) is 4.98 Å². The Balaban J connectivity index is 2.16. The van der Waals surface area contributed by atoms with Gasteiger partial charge in [-0.25, -0.2) is 4.98 Å². The van der Waals surface area contributed by atoms with Crippen molar-refractivity contribution in [1.29, 1.82) is 0 Å². The van der Waals surface area contributed by atoms with E-state index in [9.17, 15) is 5.11 Å². The van der Waals surface area contributed by atoms with Gasteiger partial charge >= 0.3 is 0 Å². The molecule has 0 bridgehead atoms. The van der Waals surface area contributed by atoms with Crippen LogP contribution in [-0.2, 0) is 6.42 Å². The molecule has 0 amide bonds. The van der Waals surface area contributed by atoms with Gasteiger partial charge in [-0.3, -0.25) is 0 Å². The SMILES string of the molecule is CC1CC(C)(C)CC(O)(Cc2ccnc(N)c2)C1. The lowest BCUT2D eigenvalue weighted by molar-refractivity contribution is -0.0574. The number of aromatic nitrogens is 1. The van der Waals surface area contributed by atoms with Crippen LogP contribution in [0.25, 0.3) is 0 Å². The first-order valence-electron chi connectivity index (χ1n) is 6.71. The Hall–Kier alpha value is -1.09. The number of aliphatic hydroxyl groups is 1. The summed E-state index contributed by atoms with van der Waals surface area (Å²) in [6, 6.07) is 3.81. The minimum absolute atomic E-state index is 0.213. The Labute approximate surface area is 109 Å². The molecule has 0 radical (unpaired) electrons. The first-order chi connectivity index (χ1) is 8.28. The summed E-state index contributed by atoms with van der Waals surface area (Å²) in [6.07, 6.45) is 5.30. The molecule has 1 aliphatic carbocycles. The van der Waals surface area contributed by atoms with Crippen molar-refractivity contribution < 1.29 is 5.11 Å². The lowest BCUT2D eigenvalue weighted by Gasteiger charge is -2.44. The van der Waals surface area contributed by atoms with E-state index in [4.69, 9.17) is 5.73 Å². The maximum atomic E-state index is 10.9. The van der Waals surface area contributed by atoms with Gasteiger partial charge < -0.3 is 10.8 Å². The van der Waals surface area contributed by atoms with E-state index in [2.05, 4.69) is 25.8 Å². The van der Waals surface area contributed by atoms with E-state index in [0.717, 1.165) is 18.4 Å². The fourth-order valence-corrected chi connectivity index (χ4v) is 3.82. The molecule has 2 rings (SSSR count). The Morgan fingerprint density at radius 2 is 2.17 bits per heavy atom. The summed E-state index contributed by atoms with van der Waals surface area (Å²) in [5, 5.41) is 10.9. The Bertz CT molecular complexity index is 430. The standard InChI is InChI=1S/C15H24N2O/c1-11-7-14(2,3)10-15(18,8-11)9-12-4-5-17-13(16)6-12/h4-6,11,18H,7-10H2,1-3H3,(H2,16,17). The van der Waals surface area contributed by atoms with Crippen molar-refractivity contribution in [2.45, 2.75) is 52.1 Å². The summed E-state index contributed by atoms with van der Waals surface area (Å²) in [5.41, 5.74) is 6.38. The number of nitrogen functional groups attached to an aromatic ring is 1. The topological polar surface area (TPSA) is 59.1 Å². The third kappa shape index (κ3) is 3.22. The molecule has 2 atom stereocenters. The maximum Gasteiger partial charge on any atom is 0.123 e. The molecule has 3 nitrogen and oxygen atoms in total. The second kappa shape index (κ2) is 4.54. The molecule has 0 aliphatic heterocycles. The molecule has 1 aromatic heterocycles. The van der Waals surface area contributed by atoms with Gasteiger partial charge in [0.05, 0.1) is 5.60 Å². The highest BCUT2D eigenvalue weighted by Crippen LogP contribution is 2.45. The van der Waals surface area contributed by atoms with Gasteiger partial charge in [-0.15, -0.1) is 0 Å². The van der Waals surface area contributed by atoms with Crippen LogP contribution < -0.4 is 5.73 Å². The van der Waals surface area contributed by atoms with Crippen LogP contribution in [0.5, 0.6) is 0 Å². The van der Waals surface area contributed by atoms with Gasteiger partial charge in [0.2, 0.25) is 0 Å². The molecule has 100 valence electrons. The monoisotopic (exact) mass is 248 g/mol. The average molecular weight is 248 g/mol. The van der Waals surface area contributed by atoms with E-state index in [1.807, 2.05) is 12.1 Å². The van der Waals surface area contributed by atoms with E-state index in [0.29, 0.717) is 18.2 Å². The number of nitrogens with zero attached hydrogens (tertiary/aromatic N) is 1. The molecule has 2 unspecified atom stereocenters. The largest absolute Gasteiger partial charge is 0.390 e. The number of rotatable bonds is 2. The lowest BCUT2D eigenvalue weighted by atomic mass is 9.64.